The van der Waals surface area contributed by atoms with E-state index in [1.165, 1.54) is 27.0 Å². The highest BCUT2D eigenvalue weighted by atomic mass is 32.1. The van der Waals surface area contributed by atoms with Gasteiger partial charge in [0.05, 0.1) is 10.6 Å². The van der Waals surface area contributed by atoms with Gasteiger partial charge < -0.3 is 15.2 Å². The summed E-state index contributed by atoms with van der Waals surface area (Å²) in [6.07, 6.45) is 0. The Bertz CT molecular complexity index is 834. The van der Waals surface area contributed by atoms with Crippen LogP contribution >= 0.6 is 11.3 Å². The number of nitrogens with zero attached hydrogens (tertiary/aromatic N) is 1. The van der Waals surface area contributed by atoms with Crippen molar-refractivity contribution in [3.8, 4) is 10.6 Å². The summed E-state index contributed by atoms with van der Waals surface area (Å²) in [4.78, 5) is 13.2. The highest BCUT2D eigenvalue weighted by Gasteiger charge is 2.18. The molecule has 0 aliphatic rings. The molecule has 0 spiro atoms. The van der Waals surface area contributed by atoms with Crippen molar-refractivity contribution in [3.05, 3.63) is 47.3 Å². The molecule has 3 aromatic rings. The molecule has 0 fully saturated rings. The maximum atomic E-state index is 12.0. The molecule has 0 saturated carbocycles. The SMILES string of the molecule is CCn1c(-c2cccs2)c(CNC(=O)NC(C)C)c2ccccc21. The summed E-state index contributed by atoms with van der Waals surface area (Å²) in [7, 11) is 0. The molecule has 2 amide bonds. The first-order valence-corrected chi connectivity index (χ1v) is 9.18. The Kier molecular flexibility index (Phi) is 4.90. The van der Waals surface area contributed by atoms with E-state index in [-0.39, 0.29) is 12.1 Å². The summed E-state index contributed by atoms with van der Waals surface area (Å²) in [6, 6.07) is 12.6. The van der Waals surface area contributed by atoms with Gasteiger partial charge in [0.2, 0.25) is 0 Å². The van der Waals surface area contributed by atoms with Gasteiger partial charge in [-0.3, -0.25) is 0 Å². The maximum Gasteiger partial charge on any atom is 0.315 e. The Morgan fingerprint density at radius 2 is 2.00 bits per heavy atom. The molecule has 0 aliphatic heterocycles. The molecule has 2 heterocycles. The Labute approximate surface area is 146 Å². The van der Waals surface area contributed by atoms with Gasteiger partial charge in [-0.1, -0.05) is 24.3 Å². The van der Waals surface area contributed by atoms with Crippen molar-refractivity contribution in [3.63, 3.8) is 0 Å². The third kappa shape index (κ3) is 3.17. The van der Waals surface area contributed by atoms with Crippen molar-refractivity contribution in [2.75, 3.05) is 0 Å². The van der Waals surface area contributed by atoms with Crippen LogP contribution in [0.25, 0.3) is 21.5 Å². The zero-order valence-electron chi connectivity index (χ0n) is 14.3. The highest BCUT2D eigenvalue weighted by Crippen LogP contribution is 2.36. The van der Waals surface area contributed by atoms with Gasteiger partial charge in [0.1, 0.15) is 0 Å². The van der Waals surface area contributed by atoms with Gasteiger partial charge in [-0.2, -0.15) is 0 Å². The van der Waals surface area contributed by atoms with Gasteiger partial charge in [0.25, 0.3) is 0 Å². The van der Waals surface area contributed by atoms with Crippen LogP contribution in [0, 0.1) is 0 Å². The second-order valence-corrected chi connectivity index (χ2v) is 7.00. The van der Waals surface area contributed by atoms with E-state index >= 15 is 0 Å². The molecule has 5 heteroatoms. The molecule has 0 saturated heterocycles. The largest absolute Gasteiger partial charge is 0.340 e. The molecule has 126 valence electrons. The topological polar surface area (TPSA) is 46.1 Å². The number of carbonyl (C=O) groups is 1. The highest BCUT2D eigenvalue weighted by molar-refractivity contribution is 7.13. The predicted octanol–water partition coefficient (Wildman–Crippen LogP) is 4.60. The molecule has 2 aromatic heterocycles. The van der Waals surface area contributed by atoms with Crippen LogP contribution < -0.4 is 10.6 Å². The minimum atomic E-state index is -0.129. The summed E-state index contributed by atoms with van der Waals surface area (Å²) in [5.74, 6) is 0. The Balaban J connectivity index is 2.05. The monoisotopic (exact) mass is 341 g/mol. The first kappa shape index (κ1) is 16.6. The number of nitrogens with one attached hydrogen (secondary N) is 2. The van der Waals surface area contributed by atoms with Crippen LogP contribution in [-0.2, 0) is 13.1 Å². The normalized spacial score (nSPS) is 11.2. The maximum absolute atomic E-state index is 12.0. The van der Waals surface area contributed by atoms with Crippen molar-refractivity contribution in [1.82, 2.24) is 15.2 Å². The number of thiophene rings is 1. The minimum Gasteiger partial charge on any atom is -0.340 e. The number of fused-ring (bicyclic) bond motifs is 1. The van der Waals surface area contributed by atoms with Crippen molar-refractivity contribution < 1.29 is 4.79 Å². The molecule has 24 heavy (non-hydrogen) atoms. The number of hydrogen-bond donors (Lipinski definition) is 2. The van der Waals surface area contributed by atoms with Gasteiger partial charge in [0.15, 0.2) is 0 Å². The third-order valence-electron chi connectivity index (χ3n) is 3.99. The Hall–Kier alpha value is -2.27. The van der Waals surface area contributed by atoms with Crippen LogP contribution in [0.4, 0.5) is 4.79 Å². The van der Waals surface area contributed by atoms with Gasteiger partial charge >= 0.3 is 6.03 Å². The Morgan fingerprint density at radius 1 is 1.21 bits per heavy atom. The smallest absolute Gasteiger partial charge is 0.315 e. The second kappa shape index (κ2) is 7.09. The number of benzene rings is 1. The van der Waals surface area contributed by atoms with E-state index in [4.69, 9.17) is 0 Å². The molecular weight excluding hydrogens is 318 g/mol. The molecule has 3 rings (SSSR count). The fourth-order valence-electron chi connectivity index (χ4n) is 3.06. The summed E-state index contributed by atoms with van der Waals surface area (Å²) in [6.45, 7) is 7.48. The zero-order valence-corrected chi connectivity index (χ0v) is 15.1. The number of para-hydroxylation sites is 1. The predicted molar refractivity (Wildman–Crippen MR) is 101 cm³/mol. The van der Waals surface area contributed by atoms with Crippen molar-refractivity contribution in [2.24, 2.45) is 0 Å². The summed E-state index contributed by atoms with van der Waals surface area (Å²) in [5, 5.41) is 9.18. The minimum absolute atomic E-state index is 0.124. The summed E-state index contributed by atoms with van der Waals surface area (Å²) < 4.78 is 2.33. The lowest BCUT2D eigenvalue weighted by atomic mass is 10.1. The average molecular weight is 341 g/mol. The molecule has 4 nitrogen and oxygen atoms in total. The number of amides is 2. The van der Waals surface area contributed by atoms with E-state index < -0.39 is 0 Å². The molecule has 0 radical (unpaired) electrons. The van der Waals surface area contributed by atoms with Gasteiger partial charge in [-0.05, 0) is 38.3 Å². The van der Waals surface area contributed by atoms with Crippen molar-refractivity contribution in [2.45, 2.75) is 39.9 Å². The fourth-order valence-corrected chi connectivity index (χ4v) is 3.87. The summed E-state index contributed by atoms with van der Waals surface area (Å²) in [5.41, 5.74) is 3.59. The quantitative estimate of drug-likeness (QED) is 0.700. The lowest BCUT2D eigenvalue weighted by molar-refractivity contribution is 0.238. The van der Waals surface area contributed by atoms with Crippen molar-refractivity contribution in [1.29, 1.82) is 0 Å². The number of carbonyl (C=O) groups excluding carboxylic acids is 1. The van der Waals surface area contributed by atoms with E-state index in [0.717, 1.165) is 6.54 Å². The van der Waals surface area contributed by atoms with E-state index in [9.17, 15) is 4.79 Å². The number of rotatable bonds is 5. The fraction of sp³-hybridized carbons (Fsp3) is 0.316. The lowest BCUT2D eigenvalue weighted by Crippen LogP contribution is -2.39. The molecular formula is C19H23N3OS. The van der Waals surface area contributed by atoms with Crippen LogP contribution in [0.2, 0.25) is 0 Å². The van der Waals surface area contributed by atoms with Crippen LogP contribution in [-0.4, -0.2) is 16.6 Å². The average Bonchev–Trinajstić information content (AvgIpc) is 3.17. The molecule has 0 aliphatic carbocycles. The second-order valence-electron chi connectivity index (χ2n) is 6.05. The van der Waals surface area contributed by atoms with Crippen LogP contribution in [0.15, 0.2) is 41.8 Å². The van der Waals surface area contributed by atoms with Crippen LogP contribution in [0.3, 0.4) is 0 Å². The Morgan fingerprint density at radius 3 is 2.67 bits per heavy atom. The molecule has 0 bridgehead atoms. The van der Waals surface area contributed by atoms with Crippen LogP contribution in [0.5, 0.6) is 0 Å². The summed E-state index contributed by atoms with van der Waals surface area (Å²) >= 11 is 1.73. The van der Waals surface area contributed by atoms with E-state index in [2.05, 4.69) is 63.9 Å². The molecule has 0 unspecified atom stereocenters. The number of aromatic nitrogens is 1. The van der Waals surface area contributed by atoms with Gasteiger partial charge in [0, 0.05) is 35.6 Å². The molecule has 2 N–H and O–H groups in total. The number of urea groups is 1. The number of hydrogen-bond acceptors (Lipinski definition) is 2. The first-order chi connectivity index (χ1) is 11.6. The van der Waals surface area contributed by atoms with Gasteiger partial charge in [-0.15, -0.1) is 11.3 Å². The number of aryl methyl sites for hydroxylation is 1. The molecule has 0 atom stereocenters. The standard InChI is InChI=1S/C19H23N3OS/c1-4-22-16-9-6-5-8-14(16)15(12-20-19(23)21-13(2)3)18(22)17-10-7-11-24-17/h5-11,13H,4,12H2,1-3H3,(H2,20,21,23). The third-order valence-corrected chi connectivity index (χ3v) is 4.87. The van der Waals surface area contributed by atoms with Gasteiger partial charge in [-0.25, -0.2) is 4.79 Å². The lowest BCUT2D eigenvalue weighted by Gasteiger charge is -2.12. The van der Waals surface area contributed by atoms with Crippen molar-refractivity contribution >= 4 is 28.3 Å². The van der Waals surface area contributed by atoms with E-state index in [0.29, 0.717) is 6.54 Å². The van der Waals surface area contributed by atoms with E-state index in [1.54, 1.807) is 11.3 Å². The van der Waals surface area contributed by atoms with Crippen LogP contribution in [0.1, 0.15) is 26.3 Å². The zero-order chi connectivity index (χ0) is 17.1. The first-order valence-electron chi connectivity index (χ1n) is 8.30. The molecule has 1 aromatic carbocycles. The van der Waals surface area contributed by atoms with E-state index in [1.807, 2.05) is 13.8 Å².